The van der Waals surface area contributed by atoms with Crippen molar-refractivity contribution in [1.82, 2.24) is 9.78 Å². The van der Waals surface area contributed by atoms with Gasteiger partial charge >= 0.3 is 11.9 Å². The Balaban J connectivity index is 1.65. The molecule has 0 aliphatic heterocycles. The molecule has 3 rings (SSSR count). The SMILES string of the molecule is COC(=O)c1occc1COC(=O)/C=C/c1c(C)nn(Cc2ccc(C)cc2)c1C. The van der Waals surface area contributed by atoms with Crippen molar-refractivity contribution < 1.29 is 23.5 Å². The second kappa shape index (κ2) is 9.26. The lowest BCUT2D eigenvalue weighted by Crippen LogP contribution is -2.06. The van der Waals surface area contributed by atoms with Crippen LogP contribution in [0.4, 0.5) is 0 Å². The Kier molecular flexibility index (Phi) is 6.51. The van der Waals surface area contributed by atoms with Gasteiger partial charge in [0.2, 0.25) is 5.76 Å². The lowest BCUT2D eigenvalue weighted by Gasteiger charge is -2.05. The van der Waals surface area contributed by atoms with Gasteiger partial charge < -0.3 is 13.9 Å². The molecule has 3 aromatic rings. The van der Waals surface area contributed by atoms with E-state index in [2.05, 4.69) is 41.0 Å². The van der Waals surface area contributed by atoms with E-state index >= 15 is 0 Å². The van der Waals surface area contributed by atoms with Gasteiger partial charge in [-0.2, -0.15) is 5.10 Å². The van der Waals surface area contributed by atoms with Crippen molar-refractivity contribution in [2.45, 2.75) is 33.9 Å². The van der Waals surface area contributed by atoms with Gasteiger partial charge in [-0.3, -0.25) is 4.68 Å². The molecule has 2 heterocycles. The number of ether oxygens (including phenoxy) is 2. The van der Waals surface area contributed by atoms with Crippen molar-refractivity contribution in [3.8, 4) is 0 Å². The largest absolute Gasteiger partial charge is 0.463 e. The monoisotopic (exact) mass is 408 g/mol. The van der Waals surface area contributed by atoms with Crippen molar-refractivity contribution in [1.29, 1.82) is 0 Å². The maximum absolute atomic E-state index is 12.1. The summed E-state index contributed by atoms with van der Waals surface area (Å²) in [5.41, 5.74) is 5.47. The zero-order valence-corrected chi connectivity index (χ0v) is 17.5. The summed E-state index contributed by atoms with van der Waals surface area (Å²) in [7, 11) is 1.26. The molecule has 156 valence electrons. The summed E-state index contributed by atoms with van der Waals surface area (Å²) in [5.74, 6) is -1.12. The molecule has 0 bridgehead atoms. The van der Waals surface area contributed by atoms with Crippen molar-refractivity contribution in [3.05, 3.63) is 82.1 Å². The number of aromatic nitrogens is 2. The van der Waals surface area contributed by atoms with Gasteiger partial charge in [0.25, 0.3) is 0 Å². The average molecular weight is 408 g/mol. The molecule has 0 saturated carbocycles. The van der Waals surface area contributed by atoms with Crippen LogP contribution in [-0.4, -0.2) is 28.8 Å². The first kappa shape index (κ1) is 21.1. The van der Waals surface area contributed by atoms with Crippen LogP contribution in [0.25, 0.3) is 6.08 Å². The molecule has 0 aliphatic rings. The number of benzene rings is 1. The molecule has 30 heavy (non-hydrogen) atoms. The Hall–Kier alpha value is -3.61. The van der Waals surface area contributed by atoms with Crippen LogP contribution in [0, 0.1) is 20.8 Å². The van der Waals surface area contributed by atoms with Gasteiger partial charge in [-0.05, 0) is 38.5 Å². The summed E-state index contributed by atoms with van der Waals surface area (Å²) in [6.45, 7) is 6.49. The van der Waals surface area contributed by atoms with Crippen molar-refractivity contribution in [3.63, 3.8) is 0 Å². The number of furan rings is 1. The molecule has 0 saturated heterocycles. The van der Waals surface area contributed by atoms with Gasteiger partial charge in [0, 0.05) is 22.9 Å². The van der Waals surface area contributed by atoms with Crippen LogP contribution in [-0.2, 0) is 27.4 Å². The topological polar surface area (TPSA) is 83.6 Å². The van der Waals surface area contributed by atoms with Crippen molar-refractivity contribution in [2.75, 3.05) is 7.11 Å². The Bertz CT molecular complexity index is 1070. The first-order valence-electron chi connectivity index (χ1n) is 9.48. The predicted octanol–water partition coefficient (Wildman–Crippen LogP) is 3.99. The number of hydrogen-bond acceptors (Lipinski definition) is 6. The lowest BCUT2D eigenvalue weighted by molar-refractivity contribution is -0.138. The molecule has 7 heteroatoms. The third kappa shape index (κ3) is 4.86. The molecular weight excluding hydrogens is 384 g/mol. The molecule has 0 atom stereocenters. The van der Waals surface area contributed by atoms with Crippen LogP contribution in [0.1, 0.15) is 44.2 Å². The van der Waals surface area contributed by atoms with E-state index in [1.165, 1.54) is 25.0 Å². The molecule has 0 spiro atoms. The smallest absolute Gasteiger partial charge is 0.374 e. The van der Waals surface area contributed by atoms with E-state index in [4.69, 9.17) is 9.15 Å². The Morgan fingerprint density at radius 3 is 2.57 bits per heavy atom. The fourth-order valence-corrected chi connectivity index (χ4v) is 3.04. The van der Waals surface area contributed by atoms with E-state index in [-0.39, 0.29) is 12.4 Å². The van der Waals surface area contributed by atoms with Gasteiger partial charge in [0.15, 0.2) is 0 Å². The lowest BCUT2D eigenvalue weighted by atomic mass is 10.1. The van der Waals surface area contributed by atoms with Gasteiger partial charge in [0.1, 0.15) is 6.61 Å². The number of aryl methyl sites for hydroxylation is 2. The summed E-state index contributed by atoms with van der Waals surface area (Å²) < 4.78 is 16.8. The summed E-state index contributed by atoms with van der Waals surface area (Å²) in [6.07, 6.45) is 4.40. The van der Waals surface area contributed by atoms with Gasteiger partial charge in [-0.25, -0.2) is 9.59 Å². The van der Waals surface area contributed by atoms with Gasteiger partial charge in [0.05, 0.1) is 25.6 Å². The second-order valence-electron chi connectivity index (χ2n) is 6.94. The first-order valence-corrected chi connectivity index (χ1v) is 9.48. The molecule has 2 aromatic heterocycles. The fraction of sp³-hybridized carbons (Fsp3) is 0.261. The molecule has 0 amide bonds. The first-order chi connectivity index (χ1) is 14.4. The maximum atomic E-state index is 12.1. The third-order valence-corrected chi connectivity index (χ3v) is 4.76. The highest BCUT2D eigenvalue weighted by Gasteiger charge is 2.17. The summed E-state index contributed by atoms with van der Waals surface area (Å²) >= 11 is 0. The Labute approximate surface area is 174 Å². The third-order valence-electron chi connectivity index (χ3n) is 4.76. The number of hydrogen-bond donors (Lipinski definition) is 0. The number of nitrogens with zero attached hydrogens (tertiary/aromatic N) is 2. The van der Waals surface area contributed by atoms with Crippen LogP contribution < -0.4 is 0 Å². The van der Waals surface area contributed by atoms with Crippen LogP contribution in [0.5, 0.6) is 0 Å². The van der Waals surface area contributed by atoms with Crippen LogP contribution in [0.15, 0.2) is 47.1 Å². The molecule has 7 nitrogen and oxygen atoms in total. The number of carbonyl (C=O) groups excluding carboxylic acids is 2. The predicted molar refractivity (Wildman–Crippen MR) is 111 cm³/mol. The minimum absolute atomic E-state index is 0.0263. The summed E-state index contributed by atoms with van der Waals surface area (Å²) in [5, 5.41) is 4.58. The van der Waals surface area contributed by atoms with E-state index in [0.717, 1.165) is 22.5 Å². The van der Waals surface area contributed by atoms with Crippen molar-refractivity contribution >= 4 is 18.0 Å². The van der Waals surface area contributed by atoms with Crippen LogP contribution in [0.2, 0.25) is 0 Å². The maximum Gasteiger partial charge on any atom is 0.374 e. The normalized spacial score (nSPS) is 11.1. The molecule has 0 fully saturated rings. The minimum Gasteiger partial charge on any atom is -0.463 e. The van der Waals surface area contributed by atoms with E-state index in [1.807, 2.05) is 18.5 Å². The fourth-order valence-electron chi connectivity index (χ4n) is 3.04. The van der Waals surface area contributed by atoms with Crippen LogP contribution in [0.3, 0.4) is 0 Å². The standard InChI is InChI=1S/C23H24N2O5/c1-15-5-7-18(8-6-15)13-25-17(3)20(16(2)24-25)9-10-21(26)30-14-19-11-12-29-22(19)23(27)28-4/h5-12H,13-14H2,1-4H3/b10-9+. The Morgan fingerprint density at radius 2 is 1.87 bits per heavy atom. The number of rotatable bonds is 7. The molecule has 0 radical (unpaired) electrons. The summed E-state index contributed by atoms with van der Waals surface area (Å²) in [6, 6.07) is 9.87. The Morgan fingerprint density at radius 1 is 1.13 bits per heavy atom. The number of methoxy groups -OCH3 is 1. The molecular formula is C23H24N2O5. The van der Waals surface area contributed by atoms with Crippen molar-refractivity contribution in [2.24, 2.45) is 0 Å². The molecule has 0 N–H and O–H groups in total. The van der Waals surface area contributed by atoms with Crippen LogP contribution >= 0.6 is 0 Å². The number of carbonyl (C=O) groups is 2. The quantitative estimate of drug-likeness (QED) is 0.434. The van der Waals surface area contributed by atoms with Gasteiger partial charge in [-0.1, -0.05) is 29.8 Å². The summed E-state index contributed by atoms with van der Waals surface area (Å²) in [4.78, 5) is 23.7. The van der Waals surface area contributed by atoms with Gasteiger partial charge in [-0.15, -0.1) is 0 Å². The van der Waals surface area contributed by atoms with E-state index in [9.17, 15) is 9.59 Å². The zero-order chi connectivity index (χ0) is 21.7. The van der Waals surface area contributed by atoms with E-state index in [1.54, 1.807) is 12.1 Å². The highest BCUT2D eigenvalue weighted by molar-refractivity contribution is 5.89. The van der Waals surface area contributed by atoms with E-state index < -0.39 is 11.9 Å². The second-order valence-corrected chi connectivity index (χ2v) is 6.94. The van der Waals surface area contributed by atoms with E-state index in [0.29, 0.717) is 12.1 Å². The molecule has 0 aliphatic carbocycles. The molecule has 0 unspecified atom stereocenters. The average Bonchev–Trinajstić information content (AvgIpc) is 3.30. The highest BCUT2D eigenvalue weighted by atomic mass is 16.5. The highest BCUT2D eigenvalue weighted by Crippen LogP contribution is 2.17. The number of esters is 2. The zero-order valence-electron chi connectivity index (χ0n) is 17.5. The minimum atomic E-state index is -0.617. The molecule has 1 aromatic carbocycles.